The fourth-order valence-corrected chi connectivity index (χ4v) is 2.74. The van der Waals surface area contributed by atoms with E-state index < -0.39 is 5.60 Å². The van der Waals surface area contributed by atoms with Gasteiger partial charge in [0.15, 0.2) is 0 Å². The second-order valence-electron chi connectivity index (χ2n) is 6.30. The number of rotatable bonds is 1. The number of ether oxygens (including phenoxy) is 1. The first-order valence-electron chi connectivity index (χ1n) is 7.07. The number of aromatic nitrogens is 1. The first kappa shape index (κ1) is 13.7. The number of esters is 1. The molecule has 0 atom stereocenters. The molecular weight excluding hydrogens is 262 g/mol. The molecule has 1 heterocycles. The number of nitrogens with zero attached hydrogens (tertiary/aromatic N) is 1. The highest BCUT2D eigenvalue weighted by Crippen LogP contribution is 2.24. The minimum absolute atomic E-state index is 0.311. The van der Waals surface area contributed by atoms with Crippen LogP contribution in [0.15, 0.2) is 36.4 Å². The monoisotopic (exact) mass is 281 g/mol. The van der Waals surface area contributed by atoms with Gasteiger partial charge < -0.3 is 9.30 Å². The summed E-state index contributed by atoms with van der Waals surface area (Å²) < 4.78 is 7.44. The molecule has 108 valence electrons. The third-order valence-corrected chi connectivity index (χ3v) is 3.54. The molecule has 3 aromatic rings. The van der Waals surface area contributed by atoms with Crippen molar-refractivity contribution in [3.05, 3.63) is 41.7 Å². The van der Waals surface area contributed by atoms with E-state index in [4.69, 9.17) is 4.74 Å². The van der Waals surface area contributed by atoms with Gasteiger partial charge in [0.05, 0.1) is 5.35 Å². The van der Waals surface area contributed by atoms with Gasteiger partial charge in [0.2, 0.25) is 0 Å². The number of benzene rings is 2. The standard InChI is InChI=1S/C18H19NO2/c1-18(2,3)21-16(20)11-15-13-9-5-7-12-8-6-10-14(17(12)13)19(15)4/h5-11H,1-4H3/b15-11+. The summed E-state index contributed by atoms with van der Waals surface area (Å²) in [5, 5.41) is 4.34. The number of hydrogen-bond donors (Lipinski definition) is 0. The fourth-order valence-electron chi connectivity index (χ4n) is 2.74. The van der Waals surface area contributed by atoms with E-state index in [2.05, 4.69) is 18.2 Å². The zero-order chi connectivity index (χ0) is 15.2. The van der Waals surface area contributed by atoms with E-state index in [9.17, 15) is 4.79 Å². The summed E-state index contributed by atoms with van der Waals surface area (Å²) in [5.74, 6) is -0.311. The molecule has 2 aromatic carbocycles. The Balaban J connectivity index is 2.26. The lowest BCUT2D eigenvalue weighted by atomic mass is 10.1. The minimum Gasteiger partial charge on any atom is -0.457 e. The van der Waals surface area contributed by atoms with Crippen molar-refractivity contribution in [1.29, 1.82) is 0 Å². The van der Waals surface area contributed by atoms with Crippen molar-refractivity contribution < 1.29 is 9.53 Å². The maximum atomic E-state index is 12.1. The average molecular weight is 281 g/mol. The van der Waals surface area contributed by atoms with E-state index in [1.165, 1.54) is 10.8 Å². The smallest absolute Gasteiger partial charge is 0.333 e. The van der Waals surface area contributed by atoms with Crippen LogP contribution < -0.4 is 5.35 Å². The van der Waals surface area contributed by atoms with Crippen molar-refractivity contribution in [2.75, 3.05) is 0 Å². The molecule has 0 N–H and O–H groups in total. The van der Waals surface area contributed by atoms with Crippen LogP contribution in [0.4, 0.5) is 0 Å². The molecule has 0 aliphatic heterocycles. The summed E-state index contributed by atoms with van der Waals surface area (Å²) in [5.41, 5.74) is 0.641. The average Bonchev–Trinajstić information content (AvgIpc) is 2.65. The lowest BCUT2D eigenvalue weighted by molar-refractivity contribution is -0.146. The van der Waals surface area contributed by atoms with Crippen LogP contribution in [0.2, 0.25) is 0 Å². The largest absolute Gasteiger partial charge is 0.457 e. The first-order valence-corrected chi connectivity index (χ1v) is 7.07. The van der Waals surface area contributed by atoms with Crippen molar-refractivity contribution in [1.82, 2.24) is 4.57 Å². The minimum atomic E-state index is -0.482. The summed E-state index contributed by atoms with van der Waals surface area (Å²) in [6, 6.07) is 12.4. The molecule has 0 aliphatic rings. The zero-order valence-electron chi connectivity index (χ0n) is 12.8. The summed E-state index contributed by atoms with van der Waals surface area (Å²) in [6.45, 7) is 5.62. The van der Waals surface area contributed by atoms with Crippen molar-refractivity contribution in [3.8, 4) is 0 Å². The van der Waals surface area contributed by atoms with Gasteiger partial charge in [-0.15, -0.1) is 0 Å². The molecule has 0 saturated carbocycles. The van der Waals surface area contributed by atoms with Crippen LogP contribution >= 0.6 is 0 Å². The van der Waals surface area contributed by atoms with Crippen LogP contribution in [0.25, 0.3) is 27.8 Å². The Morgan fingerprint density at radius 2 is 1.81 bits per heavy atom. The summed E-state index contributed by atoms with van der Waals surface area (Å²) >= 11 is 0. The third kappa shape index (κ3) is 2.40. The zero-order valence-corrected chi connectivity index (χ0v) is 12.8. The van der Waals surface area contributed by atoms with Gasteiger partial charge in [-0.2, -0.15) is 0 Å². The first-order chi connectivity index (χ1) is 9.87. The van der Waals surface area contributed by atoms with Gasteiger partial charge in [0.25, 0.3) is 0 Å². The van der Waals surface area contributed by atoms with E-state index in [1.54, 1.807) is 6.08 Å². The highest BCUT2D eigenvalue weighted by molar-refractivity contribution is 6.12. The van der Waals surface area contributed by atoms with Crippen molar-refractivity contribution in [2.45, 2.75) is 26.4 Å². The van der Waals surface area contributed by atoms with E-state index in [1.807, 2.05) is 50.6 Å². The number of hydrogen-bond acceptors (Lipinski definition) is 2. The normalized spacial score (nSPS) is 13.2. The lowest BCUT2D eigenvalue weighted by Gasteiger charge is -2.17. The fraction of sp³-hybridized carbons (Fsp3) is 0.278. The molecule has 0 unspecified atom stereocenters. The summed E-state index contributed by atoms with van der Waals surface area (Å²) in [6.07, 6.45) is 1.58. The van der Waals surface area contributed by atoms with Crippen molar-refractivity contribution in [3.63, 3.8) is 0 Å². The SMILES string of the molecule is Cn1/c(=C/C(=O)OC(C)(C)C)c2cccc3cccc1c32. The van der Waals surface area contributed by atoms with Crippen LogP contribution in [-0.4, -0.2) is 16.1 Å². The van der Waals surface area contributed by atoms with Crippen molar-refractivity contribution in [2.24, 2.45) is 7.05 Å². The number of carbonyl (C=O) groups excluding carboxylic acids is 1. The summed E-state index contributed by atoms with van der Waals surface area (Å²) in [7, 11) is 1.98. The molecule has 0 saturated heterocycles. The number of aryl methyl sites for hydroxylation is 1. The van der Waals surface area contributed by atoms with Crippen LogP contribution in [0.1, 0.15) is 20.8 Å². The van der Waals surface area contributed by atoms with Crippen molar-refractivity contribution >= 4 is 33.7 Å². The highest BCUT2D eigenvalue weighted by Gasteiger charge is 2.15. The second-order valence-corrected chi connectivity index (χ2v) is 6.30. The van der Waals surface area contributed by atoms with Crippen LogP contribution in [0.3, 0.4) is 0 Å². The maximum absolute atomic E-state index is 12.1. The molecular formula is C18H19NO2. The highest BCUT2D eigenvalue weighted by atomic mass is 16.6. The molecule has 0 fully saturated rings. The Bertz CT molecular complexity index is 876. The maximum Gasteiger partial charge on any atom is 0.333 e. The van der Waals surface area contributed by atoms with Crippen LogP contribution in [-0.2, 0) is 16.6 Å². The van der Waals surface area contributed by atoms with E-state index in [0.717, 1.165) is 16.3 Å². The Morgan fingerprint density at radius 1 is 1.14 bits per heavy atom. The Morgan fingerprint density at radius 3 is 2.48 bits per heavy atom. The van der Waals surface area contributed by atoms with Gasteiger partial charge in [-0.05, 0) is 32.2 Å². The van der Waals surface area contributed by atoms with E-state index >= 15 is 0 Å². The molecule has 0 amide bonds. The van der Waals surface area contributed by atoms with Gasteiger partial charge in [0.1, 0.15) is 5.60 Å². The molecule has 1 aromatic heterocycles. The second kappa shape index (κ2) is 4.62. The third-order valence-electron chi connectivity index (χ3n) is 3.54. The van der Waals surface area contributed by atoms with Crippen LogP contribution in [0, 0.1) is 0 Å². The Hall–Kier alpha value is -2.29. The van der Waals surface area contributed by atoms with Gasteiger partial charge >= 0.3 is 5.97 Å². The van der Waals surface area contributed by atoms with Gasteiger partial charge in [-0.25, -0.2) is 4.79 Å². The quantitative estimate of drug-likeness (QED) is 0.642. The predicted octanol–water partition coefficient (Wildman–Crippen LogP) is 3.17. The van der Waals surface area contributed by atoms with Gasteiger partial charge in [0, 0.05) is 29.4 Å². The molecule has 3 nitrogen and oxygen atoms in total. The number of carbonyl (C=O) groups is 1. The van der Waals surface area contributed by atoms with E-state index in [0.29, 0.717) is 0 Å². The molecule has 3 rings (SSSR count). The molecule has 21 heavy (non-hydrogen) atoms. The lowest BCUT2D eigenvalue weighted by Crippen LogP contribution is -2.25. The topological polar surface area (TPSA) is 31.2 Å². The molecule has 0 spiro atoms. The van der Waals surface area contributed by atoms with Gasteiger partial charge in [-0.1, -0.05) is 30.3 Å². The Kier molecular flexibility index (Phi) is 3.01. The predicted molar refractivity (Wildman–Crippen MR) is 86.0 cm³/mol. The van der Waals surface area contributed by atoms with Crippen LogP contribution in [0.5, 0.6) is 0 Å². The van der Waals surface area contributed by atoms with Gasteiger partial charge in [-0.3, -0.25) is 0 Å². The molecule has 0 radical (unpaired) electrons. The van der Waals surface area contributed by atoms with E-state index in [-0.39, 0.29) is 5.97 Å². The molecule has 0 aliphatic carbocycles. The molecule has 0 bridgehead atoms. The summed E-state index contributed by atoms with van der Waals surface area (Å²) in [4.78, 5) is 12.1. The molecule has 3 heteroatoms. The Labute approximate surface area is 123 Å².